The predicted octanol–water partition coefficient (Wildman–Crippen LogP) is 3.19. The van der Waals surface area contributed by atoms with E-state index in [-0.39, 0.29) is 5.91 Å². The van der Waals surface area contributed by atoms with Crippen LogP contribution in [0.3, 0.4) is 0 Å². The number of aryl methyl sites for hydroxylation is 2. The van der Waals surface area contributed by atoms with Crippen molar-refractivity contribution in [1.82, 2.24) is 25.3 Å². The minimum Gasteiger partial charge on any atom is -0.350 e. The Bertz CT molecular complexity index is 917. The second-order valence-electron chi connectivity index (χ2n) is 7.05. The Morgan fingerprint density at radius 2 is 2.12 bits per heavy atom. The molecule has 6 nitrogen and oxygen atoms in total. The Kier molecular flexibility index (Phi) is 4.03. The second-order valence-corrected chi connectivity index (χ2v) is 7.05. The van der Waals surface area contributed by atoms with Gasteiger partial charge < -0.3 is 5.32 Å². The predicted molar refractivity (Wildman–Crippen MR) is 97.3 cm³/mol. The molecular formula is C19H23N5O. The van der Waals surface area contributed by atoms with Crippen LogP contribution in [0.2, 0.25) is 0 Å². The molecule has 0 aliphatic heterocycles. The lowest BCUT2D eigenvalue weighted by Crippen LogP contribution is -2.28. The molecule has 0 bridgehead atoms. The van der Waals surface area contributed by atoms with Gasteiger partial charge in [-0.05, 0) is 48.9 Å². The first-order valence-corrected chi connectivity index (χ1v) is 8.88. The first-order chi connectivity index (χ1) is 12.1. The molecule has 0 saturated heterocycles. The number of aromatic amines is 1. The quantitative estimate of drug-likeness (QED) is 0.768. The summed E-state index contributed by atoms with van der Waals surface area (Å²) >= 11 is 0. The van der Waals surface area contributed by atoms with Gasteiger partial charge in [0.05, 0.1) is 11.7 Å². The maximum atomic E-state index is 12.6. The van der Waals surface area contributed by atoms with E-state index in [1.165, 1.54) is 25.7 Å². The summed E-state index contributed by atoms with van der Waals surface area (Å²) in [7, 11) is 1.90. The van der Waals surface area contributed by atoms with Crippen LogP contribution >= 0.6 is 0 Å². The maximum Gasteiger partial charge on any atom is 0.269 e. The van der Waals surface area contributed by atoms with E-state index in [1.54, 1.807) is 4.68 Å². The van der Waals surface area contributed by atoms with E-state index in [2.05, 4.69) is 26.7 Å². The number of hydrogen-bond acceptors (Lipinski definition) is 3. The van der Waals surface area contributed by atoms with Crippen LogP contribution in [0.15, 0.2) is 24.5 Å². The summed E-state index contributed by atoms with van der Waals surface area (Å²) in [5.41, 5.74) is 4.51. The summed E-state index contributed by atoms with van der Waals surface area (Å²) in [4.78, 5) is 12.6. The van der Waals surface area contributed by atoms with E-state index in [9.17, 15) is 4.79 Å². The summed E-state index contributed by atoms with van der Waals surface area (Å²) in [6.45, 7) is 2.77. The fraction of sp³-hybridized carbons (Fsp3) is 0.421. The number of nitrogens with zero attached hydrogens (tertiary/aromatic N) is 3. The molecule has 1 amide bonds. The van der Waals surface area contributed by atoms with Gasteiger partial charge in [0.15, 0.2) is 0 Å². The Hall–Kier alpha value is -2.63. The molecule has 1 aliphatic rings. The number of benzene rings is 1. The molecule has 1 fully saturated rings. The van der Waals surface area contributed by atoms with Gasteiger partial charge in [-0.2, -0.15) is 10.2 Å². The van der Waals surface area contributed by atoms with Gasteiger partial charge in [-0.3, -0.25) is 14.6 Å². The SMILES string of the molecule is Cc1cc(-c2cnn(C)c2)cc2c(C(=O)NCC3CCCC3)[nH]nc12. The van der Waals surface area contributed by atoms with E-state index in [0.717, 1.165) is 34.1 Å². The summed E-state index contributed by atoms with van der Waals surface area (Å²) in [6, 6.07) is 4.10. The van der Waals surface area contributed by atoms with Crippen molar-refractivity contribution in [3.8, 4) is 11.1 Å². The number of fused-ring (bicyclic) bond motifs is 1. The monoisotopic (exact) mass is 337 g/mol. The Morgan fingerprint density at radius 1 is 1.32 bits per heavy atom. The number of rotatable bonds is 4. The van der Waals surface area contributed by atoms with Crippen molar-refractivity contribution in [3.63, 3.8) is 0 Å². The summed E-state index contributed by atoms with van der Waals surface area (Å²) in [5, 5.41) is 15.5. The zero-order valence-corrected chi connectivity index (χ0v) is 14.7. The lowest BCUT2D eigenvalue weighted by molar-refractivity contribution is 0.0944. The number of carbonyl (C=O) groups excluding carboxylic acids is 1. The second kappa shape index (κ2) is 6.35. The van der Waals surface area contributed by atoms with Crippen molar-refractivity contribution >= 4 is 16.8 Å². The molecule has 0 spiro atoms. The standard InChI is InChI=1S/C19H23N5O/c1-12-7-14(15-10-21-24(2)11-15)8-16-17(12)22-23-18(16)19(25)20-9-13-5-3-4-6-13/h7-8,10-11,13H,3-6,9H2,1-2H3,(H,20,25)(H,22,23). The van der Waals surface area contributed by atoms with Gasteiger partial charge in [0, 0.05) is 30.7 Å². The van der Waals surface area contributed by atoms with Crippen molar-refractivity contribution < 1.29 is 4.79 Å². The van der Waals surface area contributed by atoms with E-state index >= 15 is 0 Å². The highest BCUT2D eigenvalue weighted by Gasteiger charge is 2.19. The number of nitrogens with one attached hydrogen (secondary N) is 2. The summed E-state index contributed by atoms with van der Waals surface area (Å²) in [5.74, 6) is 0.544. The minimum absolute atomic E-state index is 0.0721. The molecule has 130 valence electrons. The highest BCUT2D eigenvalue weighted by molar-refractivity contribution is 6.06. The van der Waals surface area contributed by atoms with E-state index in [1.807, 2.05) is 32.4 Å². The van der Waals surface area contributed by atoms with Gasteiger partial charge in [0.1, 0.15) is 5.69 Å². The fourth-order valence-corrected chi connectivity index (χ4v) is 3.74. The first kappa shape index (κ1) is 15.9. The molecule has 25 heavy (non-hydrogen) atoms. The van der Waals surface area contributed by atoms with Crippen LogP contribution in [-0.4, -0.2) is 32.4 Å². The molecule has 0 radical (unpaired) electrons. The van der Waals surface area contributed by atoms with Crippen LogP contribution in [0.5, 0.6) is 0 Å². The average Bonchev–Trinajstić information content (AvgIpc) is 3.32. The molecule has 2 heterocycles. The van der Waals surface area contributed by atoms with Crippen molar-refractivity contribution in [2.45, 2.75) is 32.6 Å². The van der Waals surface area contributed by atoms with Crippen LogP contribution in [0, 0.1) is 12.8 Å². The molecular weight excluding hydrogens is 314 g/mol. The van der Waals surface area contributed by atoms with Gasteiger partial charge in [0.25, 0.3) is 5.91 Å². The number of carbonyl (C=O) groups is 1. The largest absolute Gasteiger partial charge is 0.350 e. The Morgan fingerprint density at radius 3 is 2.84 bits per heavy atom. The van der Waals surface area contributed by atoms with Crippen LogP contribution in [0.4, 0.5) is 0 Å². The number of H-pyrrole nitrogens is 1. The van der Waals surface area contributed by atoms with Gasteiger partial charge >= 0.3 is 0 Å². The maximum absolute atomic E-state index is 12.6. The number of aromatic nitrogens is 4. The van der Waals surface area contributed by atoms with Gasteiger partial charge in [-0.1, -0.05) is 12.8 Å². The Balaban J connectivity index is 1.64. The molecule has 1 aromatic carbocycles. The first-order valence-electron chi connectivity index (χ1n) is 8.88. The molecule has 1 aliphatic carbocycles. The summed E-state index contributed by atoms with van der Waals surface area (Å²) < 4.78 is 1.78. The van der Waals surface area contributed by atoms with Crippen LogP contribution in [0.25, 0.3) is 22.0 Å². The van der Waals surface area contributed by atoms with Gasteiger partial charge in [-0.25, -0.2) is 0 Å². The zero-order valence-electron chi connectivity index (χ0n) is 14.7. The topological polar surface area (TPSA) is 75.6 Å². The van der Waals surface area contributed by atoms with Crippen LogP contribution < -0.4 is 5.32 Å². The third-order valence-electron chi connectivity index (χ3n) is 5.14. The van der Waals surface area contributed by atoms with Crippen molar-refractivity contribution in [2.75, 3.05) is 6.54 Å². The van der Waals surface area contributed by atoms with Crippen molar-refractivity contribution in [1.29, 1.82) is 0 Å². The van der Waals surface area contributed by atoms with E-state index in [4.69, 9.17) is 0 Å². The van der Waals surface area contributed by atoms with E-state index < -0.39 is 0 Å². The molecule has 1 saturated carbocycles. The molecule has 2 N–H and O–H groups in total. The summed E-state index contributed by atoms with van der Waals surface area (Å²) in [6.07, 6.45) is 8.80. The number of hydrogen-bond donors (Lipinski definition) is 2. The highest BCUT2D eigenvalue weighted by atomic mass is 16.1. The fourth-order valence-electron chi connectivity index (χ4n) is 3.74. The van der Waals surface area contributed by atoms with Crippen LogP contribution in [-0.2, 0) is 7.05 Å². The average molecular weight is 337 g/mol. The van der Waals surface area contributed by atoms with Crippen LogP contribution in [0.1, 0.15) is 41.7 Å². The minimum atomic E-state index is -0.0721. The van der Waals surface area contributed by atoms with E-state index in [0.29, 0.717) is 11.6 Å². The molecule has 2 aromatic heterocycles. The molecule has 3 aromatic rings. The third kappa shape index (κ3) is 3.04. The molecule has 0 unspecified atom stereocenters. The smallest absolute Gasteiger partial charge is 0.269 e. The Labute approximate surface area is 146 Å². The lowest BCUT2D eigenvalue weighted by atomic mass is 10.0. The third-order valence-corrected chi connectivity index (χ3v) is 5.14. The normalized spacial score (nSPS) is 15.1. The van der Waals surface area contributed by atoms with Gasteiger partial charge in [0.2, 0.25) is 0 Å². The lowest BCUT2D eigenvalue weighted by Gasteiger charge is -2.10. The zero-order chi connectivity index (χ0) is 17.4. The van der Waals surface area contributed by atoms with Gasteiger partial charge in [-0.15, -0.1) is 0 Å². The molecule has 6 heteroatoms. The van der Waals surface area contributed by atoms with Crippen molar-refractivity contribution in [3.05, 3.63) is 35.8 Å². The van der Waals surface area contributed by atoms with Crippen molar-refractivity contribution in [2.24, 2.45) is 13.0 Å². The number of amides is 1. The molecule has 0 atom stereocenters. The highest BCUT2D eigenvalue weighted by Crippen LogP contribution is 2.28. The molecule has 4 rings (SSSR count).